The largest absolute Gasteiger partial charge is 0.482 e. The third-order valence-corrected chi connectivity index (χ3v) is 6.03. The first-order valence-corrected chi connectivity index (χ1v) is 11.3. The lowest BCUT2D eigenvalue weighted by Crippen LogP contribution is -2.25. The lowest BCUT2D eigenvalue weighted by atomic mass is 10.1. The molecule has 0 saturated carbocycles. The van der Waals surface area contributed by atoms with E-state index in [1.54, 1.807) is 6.20 Å². The van der Waals surface area contributed by atoms with Gasteiger partial charge in [0, 0.05) is 17.1 Å². The van der Waals surface area contributed by atoms with Crippen LogP contribution in [0.25, 0.3) is 11.3 Å². The number of nitrogens with one attached hydrogen (secondary N) is 1. The summed E-state index contributed by atoms with van der Waals surface area (Å²) < 4.78 is 7.33. The number of aryl methyl sites for hydroxylation is 1. The standard InChI is InChI=1S/C25H21N5O2S/c1-16-7-3-4-8-19(16)28-25-30(29-17(2)20-9-5-6-12-26-20)22(15-33-25)18-10-11-23-21(13-18)27-24(31)14-32-23/h3-13,15H,14H2,1-2H3,(H,27,31). The van der Waals surface area contributed by atoms with Crippen molar-refractivity contribution in [2.24, 2.45) is 10.1 Å². The second-order valence-electron chi connectivity index (χ2n) is 7.56. The number of fused-ring (bicyclic) bond motifs is 1. The first-order valence-electron chi connectivity index (χ1n) is 10.4. The maximum atomic E-state index is 11.8. The van der Waals surface area contributed by atoms with Crippen molar-refractivity contribution in [3.63, 3.8) is 0 Å². The van der Waals surface area contributed by atoms with Gasteiger partial charge in [0.2, 0.25) is 4.80 Å². The quantitative estimate of drug-likeness (QED) is 0.451. The number of carbonyl (C=O) groups is 1. The van der Waals surface area contributed by atoms with Gasteiger partial charge in [0.1, 0.15) is 5.75 Å². The highest BCUT2D eigenvalue weighted by Crippen LogP contribution is 2.33. The van der Waals surface area contributed by atoms with Gasteiger partial charge in [0.25, 0.3) is 5.91 Å². The van der Waals surface area contributed by atoms with Gasteiger partial charge < -0.3 is 10.1 Å². The molecule has 1 amide bonds. The summed E-state index contributed by atoms with van der Waals surface area (Å²) in [6, 6.07) is 19.4. The molecule has 3 heterocycles. The van der Waals surface area contributed by atoms with Crippen LogP contribution in [0.1, 0.15) is 18.2 Å². The number of hydrogen-bond acceptors (Lipinski definition) is 6. The summed E-state index contributed by atoms with van der Waals surface area (Å²) in [4.78, 5) is 21.8. The van der Waals surface area contributed by atoms with Crippen LogP contribution in [0.3, 0.4) is 0 Å². The van der Waals surface area contributed by atoms with Gasteiger partial charge in [-0.2, -0.15) is 5.10 Å². The number of rotatable bonds is 4. The van der Waals surface area contributed by atoms with Crippen molar-refractivity contribution in [3.05, 3.63) is 88.3 Å². The molecular formula is C25H21N5O2S. The molecule has 164 valence electrons. The number of hydrogen-bond donors (Lipinski definition) is 1. The summed E-state index contributed by atoms with van der Waals surface area (Å²) in [6.07, 6.45) is 1.75. The van der Waals surface area contributed by atoms with Crippen LogP contribution >= 0.6 is 11.3 Å². The maximum Gasteiger partial charge on any atom is 0.262 e. The molecule has 0 unspecified atom stereocenters. The minimum Gasteiger partial charge on any atom is -0.482 e. The van der Waals surface area contributed by atoms with Gasteiger partial charge in [-0.3, -0.25) is 9.78 Å². The second-order valence-corrected chi connectivity index (χ2v) is 8.40. The molecule has 1 aliphatic heterocycles. The fourth-order valence-electron chi connectivity index (χ4n) is 3.48. The van der Waals surface area contributed by atoms with Crippen LogP contribution in [0.4, 0.5) is 11.4 Å². The Morgan fingerprint density at radius 1 is 1.15 bits per heavy atom. The van der Waals surface area contributed by atoms with Gasteiger partial charge >= 0.3 is 0 Å². The summed E-state index contributed by atoms with van der Waals surface area (Å²) in [6.45, 7) is 3.99. The first-order chi connectivity index (χ1) is 16.1. The minimum absolute atomic E-state index is 0.0256. The monoisotopic (exact) mass is 455 g/mol. The van der Waals surface area contributed by atoms with E-state index in [0.29, 0.717) is 11.4 Å². The zero-order chi connectivity index (χ0) is 22.8. The van der Waals surface area contributed by atoms with Gasteiger partial charge in [-0.05, 0) is 55.8 Å². The van der Waals surface area contributed by atoms with Crippen molar-refractivity contribution >= 4 is 34.3 Å². The number of thiazole rings is 1. The van der Waals surface area contributed by atoms with Crippen molar-refractivity contribution in [2.75, 3.05) is 11.9 Å². The molecule has 8 heteroatoms. The van der Waals surface area contributed by atoms with E-state index in [1.165, 1.54) is 11.3 Å². The lowest BCUT2D eigenvalue weighted by Gasteiger charge is -2.18. The average Bonchev–Trinajstić information content (AvgIpc) is 3.22. The van der Waals surface area contributed by atoms with E-state index in [2.05, 4.69) is 10.3 Å². The predicted molar refractivity (Wildman–Crippen MR) is 130 cm³/mol. The Labute approximate surface area is 194 Å². The summed E-state index contributed by atoms with van der Waals surface area (Å²) in [5, 5.41) is 9.77. The molecule has 0 radical (unpaired) electrons. The second kappa shape index (κ2) is 8.84. The molecule has 5 rings (SSSR count). The molecule has 1 aliphatic rings. The Balaban J connectivity index is 1.68. The molecule has 2 aromatic carbocycles. The molecule has 4 aromatic rings. The van der Waals surface area contributed by atoms with Crippen LogP contribution in [0.5, 0.6) is 5.75 Å². The molecule has 7 nitrogen and oxygen atoms in total. The zero-order valence-corrected chi connectivity index (χ0v) is 19.0. The molecule has 0 aliphatic carbocycles. The molecule has 0 saturated heterocycles. The van der Waals surface area contributed by atoms with Gasteiger partial charge in [-0.1, -0.05) is 24.3 Å². The first kappa shape index (κ1) is 20.8. The van der Waals surface area contributed by atoms with Crippen LogP contribution < -0.4 is 14.9 Å². The van der Waals surface area contributed by atoms with E-state index >= 15 is 0 Å². The van der Waals surface area contributed by atoms with Crippen molar-refractivity contribution in [1.29, 1.82) is 0 Å². The number of amides is 1. The molecule has 2 aromatic heterocycles. The number of nitrogens with zero attached hydrogens (tertiary/aromatic N) is 4. The van der Waals surface area contributed by atoms with Crippen LogP contribution in [0.2, 0.25) is 0 Å². The van der Waals surface area contributed by atoms with Gasteiger partial charge in [0.15, 0.2) is 6.61 Å². The van der Waals surface area contributed by atoms with Crippen molar-refractivity contribution in [2.45, 2.75) is 13.8 Å². The number of anilines is 1. The number of aromatic nitrogens is 2. The number of benzene rings is 2. The number of pyridine rings is 1. The highest BCUT2D eigenvalue weighted by atomic mass is 32.1. The van der Waals surface area contributed by atoms with Crippen molar-refractivity contribution < 1.29 is 9.53 Å². The predicted octanol–water partition coefficient (Wildman–Crippen LogP) is 4.76. The van der Waals surface area contributed by atoms with Gasteiger partial charge in [-0.15, -0.1) is 11.3 Å². The molecule has 33 heavy (non-hydrogen) atoms. The van der Waals surface area contributed by atoms with Crippen LogP contribution in [-0.2, 0) is 4.79 Å². The van der Waals surface area contributed by atoms with Gasteiger partial charge in [0.05, 0.1) is 28.5 Å². The number of para-hydroxylation sites is 1. The third-order valence-electron chi connectivity index (χ3n) is 5.21. The fourth-order valence-corrected chi connectivity index (χ4v) is 4.33. The highest BCUT2D eigenvalue weighted by Gasteiger charge is 2.18. The smallest absolute Gasteiger partial charge is 0.262 e. The summed E-state index contributed by atoms with van der Waals surface area (Å²) in [7, 11) is 0. The molecular weight excluding hydrogens is 434 g/mol. The Hall–Kier alpha value is -4.04. The Kier molecular flexibility index (Phi) is 5.58. The zero-order valence-electron chi connectivity index (χ0n) is 18.1. The average molecular weight is 456 g/mol. The number of ether oxygens (including phenoxy) is 1. The molecule has 1 N–H and O–H groups in total. The Morgan fingerprint density at radius 3 is 2.82 bits per heavy atom. The van der Waals surface area contributed by atoms with E-state index < -0.39 is 0 Å². The van der Waals surface area contributed by atoms with E-state index in [9.17, 15) is 4.79 Å². The molecule has 0 bridgehead atoms. The fraction of sp³-hybridized carbons (Fsp3) is 0.120. The number of carbonyl (C=O) groups excluding carboxylic acids is 1. The Bertz CT molecular complexity index is 1440. The molecule has 0 fully saturated rings. The van der Waals surface area contributed by atoms with E-state index in [4.69, 9.17) is 14.8 Å². The van der Waals surface area contributed by atoms with Crippen LogP contribution in [0.15, 0.2) is 82.3 Å². The normalized spacial score (nSPS) is 13.9. The third kappa shape index (κ3) is 4.33. The van der Waals surface area contributed by atoms with Crippen LogP contribution in [0, 0.1) is 6.92 Å². The molecule has 0 atom stereocenters. The van der Waals surface area contributed by atoms with E-state index in [-0.39, 0.29) is 12.5 Å². The van der Waals surface area contributed by atoms with E-state index in [0.717, 1.165) is 38.7 Å². The Morgan fingerprint density at radius 2 is 2.00 bits per heavy atom. The van der Waals surface area contributed by atoms with Gasteiger partial charge in [-0.25, -0.2) is 9.67 Å². The van der Waals surface area contributed by atoms with Crippen molar-refractivity contribution in [1.82, 2.24) is 9.66 Å². The lowest BCUT2D eigenvalue weighted by molar-refractivity contribution is -0.118. The summed E-state index contributed by atoms with van der Waals surface area (Å²) in [5.74, 6) is 0.482. The summed E-state index contributed by atoms with van der Waals surface area (Å²) >= 11 is 1.50. The SMILES string of the molecule is CC(=Nn1c(-c2ccc3c(c2)NC(=O)CO3)csc1=Nc1ccccc1C)c1ccccn1. The van der Waals surface area contributed by atoms with E-state index in [1.807, 2.05) is 84.6 Å². The topological polar surface area (TPSA) is 80.9 Å². The minimum atomic E-state index is -0.169. The van der Waals surface area contributed by atoms with Crippen LogP contribution in [-0.4, -0.2) is 27.9 Å². The maximum absolute atomic E-state index is 11.8. The highest BCUT2D eigenvalue weighted by molar-refractivity contribution is 7.07. The van der Waals surface area contributed by atoms with Crippen molar-refractivity contribution in [3.8, 4) is 17.0 Å². The molecule has 0 spiro atoms. The summed E-state index contributed by atoms with van der Waals surface area (Å²) in [5.41, 5.74) is 5.90.